The van der Waals surface area contributed by atoms with Crippen LogP contribution in [0.2, 0.25) is 0 Å². The van der Waals surface area contributed by atoms with Crippen LogP contribution in [0, 0.1) is 18.7 Å². The fourth-order valence-corrected chi connectivity index (χ4v) is 1.29. The molecule has 3 nitrogen and oxygen atoms in total. The van der Waals surface area contributed by atoms with E-state index in [9.17, 15) is 14.0 Å². The monoisotopic (exact) mass is 237 g/mol. The molecule has 0 radical (unpaired) electrons. The number of benzene rings is 1. The Bertz CT molecular complexity index is 441. The Morgan fingerprint density at radius 3 is 2.53 bits per heavy atom. The van der Waals surface area contributed by atoms with Gasteiger partial charge in [0, 0.05) is 12.1 Å². The summed E-state index contributed by atoms with van der Waals surface area (Å²) >= 11 is 0. The average molecular weight is 237 g/mol. The number of ketones is 1. The van der Waals surface area contributed by atoms with E-state index in [0.717, 1.165) is 0 Å². The van der Waals surface area contributed by atoms with E-state index in [1.54, 1.807) is 6.92 Å². The predicted molar refractivity (Wildman–Crippen MR) is 63.3 cm³/mol. The summed E-state index contributed by atoms with van der Waals surface area (Å²) in [5.41, 5.74) is 0.567. The minimum atomic E-state index is -0.648. The van der Waals surface area contributed by atoms with Gasteiger partial charge in [0.1, 0.15) is 5.82 Å². The van der Waals surface area contributed by atoms with Gasteiger partial charge in [0.2, 0.25) is 5.78 Å². The number of amides is 1. The summed E-state index contributed by atoms with van der Waals surface area (Å²) in [7, 11) is 0. The van der Waals surface area contributed by atoms with E-state index in [0.29, 0.717) is 12.1 Å². The molecule has 17 heavy (non-hydrogen) atoms. The molecule has 0 bridgehead atoms. The summed E-state index contributed by atoms with van der Waals surface area (Å²) in [5.74, 6) is -1.38. The molecule has 0 atom stereocenters. The summed E-state index contributed by atoms with van der Waals surface area (Å²) < 4.78 is 13.0. The number of carbonyl (C=O) groups is 2. The van der Waals surface area contributed by atoms with Crippen molar-refractivity contribution in [1.29, 1.82) is 0 Å². The molecule has 0 aliphatic heterocycles. The van der Waals surface area contributed by atoms with Crippen LogP contribution in [0.4, 0.5) is 4.39 Å². The van der Waals surface area contributed by atoms with Gasteiger partial charge in [-0.25, -0.2) is 4.39 Å². The van der Waals surface area contributed by atoms with Gasteiger partial charge >= 0.3 is 0 Å². The van der Waals surface area contributed by atoms with E-state index in [-0.39, 0.29) is 17.3 Å². The first-order valence-corrected chi connectivity index (χ1v) is 5.50. The van der Waals surface area contributed by atoms with Crippen molar-refractivity contribution < 1.29 is 14.0 Å². The number of Topliss-reactive ketones (excluding diaryl/α,β-unsaturated/α-hetero) is 1. The van der Waals surface area contributed by atoms with Crippen molar-refractivity contribution in [3.8, 4) is 0 Å². The molecule has 0 saturated carbocycles. The smallest absolute Gasteiger partial charge is 0.292 e. The first-order chi connectivity index (χ1) is 7.91. The lowest BCUT2D eigenvalue weighted by molar-refractivity contribution is -0.117. The zero-order valence-corrected chi connectivity index (χ0v) is 10.2. The second kappa shape index (κ2) is 5.57. The first-order valence-electron chi connectivity index (χ1n) is 5.50. The molecule has 0 spiro atoms. The molecule has 1 amide bonds. The molecule has 1 rings (SSSR count). The second-order valence-electron chi connectivity index (χ2n) is 4.40. The summed E-state index contributed by atoms with van der Waals surface area (Å²) in [6.07, 6.45) is 0. The third kappa shape index (κ3) is 3.66. The van der Waals surface area contributed by atoms with Crippen LogP contribution < -0.4 is 5.32 Å². The number of aryl methyl sites for hydroxylation is 1. The molecule has 1 aromatic rings. The predicted octanol–water partition coefficient (Wildman–Crippen LogP) is 2.09. The van der Waals surface area contributed by atoms with Crippen LogP contribution in [-0.4, -0.2) is 18.2 Å². The van der Waals surface area contributed by atoms with Crippen LogP contribution in [0.15, 0.2) is 18.2 Å². The van der Waals surface area contributed by atoms with E-state index in [1.807, 2.05) is 13.8 Å². The van der Waals surface area contributed by atoms with Crippen LogP contribution in [0.3, 0.4) is 0 Å². The molecule has 0 heterocycles. The highest BCUT2D eigenvalue weighted by molar-refractivity contribution is 6.42. The largest absolute Gasteiger partial charge is 0.349 e. The second-order valence-corrected chi connectivity index (χ2v) is 4.40. The fraction of sp³-hybridized carbons (Fsp3) is 0.385. The highest BCUT2D eigenvalue weighted by Gasteiger charge is 2.16. The van der Waals surface area contributed by atoms with Crippen molar-refractivity contribution in [3.05, 3.63) is 35.1 Å². The van der Waals surface area contributed by atoms with Crippen molar-refractivity contribution in [1.82, 2.24) is 5.32 Å². The van der Waals surface area contributed by atoms with Crippen molar-refractivity contribution in [2.45, 2.75) is 20.8 Å². The summed E-state index contributed by atoms with van der Waals surface area (Å²) in [4.78, 5) is 23.2. The standard InChI is InChI=1S/C13H16FNO2/c1-8(2)7-15-13(17)12(16)10-4-5-11(14)9(3)6-10/h4-6,8H,7H2,1-3H3,(H,15,17). The minimum absolute atomic E-state index is 0.213. The Morgan fingerprint density at radius 1 is 1.35 bits per heavy atom. The number of rotatable bonds is 4. The van der Waals surface area contributed by atoms with Crippen LogP contribution in [0.5, 0.6) is 0 Å². The molecule has 0 fully saturated rings. The molecule has 0 aliphatic carbocycles. The molecule has 1 aromatic carbocycles. The molecule has 92 valence electrons. The van der Waals surface area contributed by atoms with Crippen LogP contribution in [-0.2, 0) is 4.79 Å². The molecule has 0 aromatic heterocycles. The number of halogens is 1. The van der Waals surface area contributed by atoms with Gasteiger partial charge in [-0.3, -0.25) is 9.59 Å². The number of hydrogen-bond donors (Lipinski definition) is 1. The lowest BCUT2D eigenvalue weighted by atomic mass is 10.1. The Morgan fingerprint density at radius 2 is 2.00 bits per heavy atom. The maximum absolute atomic E-state index is 13.0. The maximum atomic E-state index is 13.0. The van der Waals surface area contributed by atoms with E-state index in [4.69, 9.17) is 0 Å². The number of hydrogen-bond acceptors (Lipinski definition) is 2. The molecule has 0 saturated heterocycles. The summed E-state index contributed by atoms with van der Waals surface area (Å²) in [6.45, 7) is 5.88. The average Bonchev–Trinajstić information content (AvgIpc) is 2.28. The highest BCUT2D eigenvalue weighted by Crippen LogP contribution is 2.09. The van der Waals surface area contributed by atoms with Gasteiger partial charge in [-0.05, 0) is 36.6 Å². The summed E-state index contributed by atoms with van der Waals surface area (Å²) in [5, 5.41) is 2.53. The minimum Gasteiger partial charge on any atom is -0.349 e. The van der Waals surface area contributed by atoms with Crippen LogP contribution in [0.1, 0.15) is 29.8 Å². The van der Waals surface area contributed by atoms with E-state index in [1.165, 1.54) is 18.2 Å². The molecule has 4 heteroatoms. The molecular formula is C13H16FNO2. The van der Waals surface area contributed by atoms with Crippen LogP contribution >= 0.6 is 0 Å². The highest BCUT2D eigenvalue weighted by atomic mass is 19.1. The van der Waals surface area contributed by atoms with Gasteiger partial charge in [-0.2, -0.15) is 0 Å². The molecular weight excluding hydrogens is 221 g/mol. The normalized spacial score (nSPS) is 10.4. The van der Waals surface area contributed by atoms with E-state index in [2.05, 4.69) is 5.32 Å². The molecule has 0 unspecified atom stereocenters. The van der Waals surface area contributed by atoms with Crippen molar-refractivity contribution in [3.63, 3.8) is 0 Å². The summed E-state index contributed by atoms with van der Waals surface area (Å²) in [6, 6.07) is 3.89. The Kier molecular flexibility index (Phi) is 4.37. The van der Waals surface area contributed by atoms with Gasteiger partial charge in [0.15, 0.2) is 0 Å². The van der Waals surface area contributed by atoms with Crippen LogP contribution in [0.25, 0.3) is 0 Å². The Labute approximate surface area is 100 Å². The van der Waals surface area contributed by atoms with E-state index < -0.39 is 11.7 Å². The van der Waals surface area contributed by atoms with Gasteiger partial charge in [0.25, 0.3) is 5.91 Å². The Hall–Kier alpha value is -1.71. The maximum Gasteiger partial charge on any atom is 0.292 e. The topological polar surface area (TPSA) is 46.2 Å². The van der Waals surface area contributed by atoms with Gasteiger partial charge in [-0.15, -0.1) is 0 Å². The van der Waals surface area contributed by atoms with Gasteiger partial charge in [0.05, 0.1) is 0 Å². The van der Waals surface area contributed by atoms with Crippen molar-refractivity contribution in [2.24, 2.45) is 5.92 Å². The molecule has 0 aliphatic rings. The van der Waals surface area contributed by atoms with Crippen molar-refractivity contribution >= 4 is 11.7 Å². The first kappa shape index (κ1) is 13.4. The lowest BCUT2D eigenvalue weighted by Crippen LogP contribution is -2.33. The fourth-order valence-electron chi connectivity index (χ4n) is 1.29. The van der Waals surface area contributed by atoms with Gasteiger partial charge < -0.3 is 5.32 Å². The lowest BCUT2D eigenvalue weighted by Gasteiger charge is -2.07. The third-order valence-corrected chi connectivity index (χ3v) is 2.30. The Balaban J connectivity index is 2.75. The van der Waals surface area contributed by atoms with Gasteiger partial charge in [-0.1, -0.05) is 13.8 Å². The SMILES string of the molecule is Cc1cc(C(=O)C(=O)NCC(C)C)ccc1F. The third-order valence-electron chi connectivity index (χ3n) is 2.30. The van der Waals surface area contributed by atoms with E-state index >= 15 is 0 Å². The zero-order valence-electron chi connectivity index (χ0n) is 10.2. The number of carbonyl (C=O) groups excluding carboxylic acids is 2. The quantitative estimate of drug-likeness (QED) is 0.643. The zero-order chi connectivity index (χ0) is 13.0. The molecule has 1 N–H and O–H groups in total. The van der Waals surface area contributed by atoms with Crippen molar-refractivity contribution in [2.75, 3.05) is 6.54 Å². The number of nitrogens with one attached hydrogen (secondary N) is 1.